The molecule has 1 aromatic rings. The van der Waals surface area contributed by atoms with E-state index in [1.165, 1.54) is 5.38 Å². The number of aliphatic hydroxyl groups is 1. The predicted octanol–water partition coefficient (Wildman–Crippen LogP) is 2.22. The van der Waals surface area contributed by atoms with Crippen molar-refractivity contribution in [3.63, 3.8) is 0 Å². The molecule has 1 rings (SSSR count). The molecule has 0 spiro atoms. The SMILES string of the molecule is N#Cc1csc([C@@H](O)C(F)(F)F)c1. The predicted molar refractivity (Wildman–Crippen MR) is 40.0 cm³/mol. The molecule has 0 radical (unpaired) electrons. The van der Waals surface area contributed by atoms with E-state index in [1.807, 2.05) is 0 Å². The second-order valence-corrected chi connectivity index (χ2v) is 3.24. The molecule has 6 heteroatoms. The van der Waals surface area contributed by atoms with Gasteiger partial charge in [0.2, 0.25) is 0 Å². The average molecular weight is 207 g/mol. The van der Waals surface area contributed by atoms with Crippen LogP contribution in [0.4, 0.5) is 13.2 Å². The molecule has 0 aliphatic heterocycles. The maximum Gasteiger partial charge on any atom is 0.419 e. The molecule has 0 aliphatic rings. The number of halogens is 3. The molecule has 1 atom stereocenters. The minimum Gasteiger partial charge on any atom is -0.379 e. The number of hydrogen-bond donors (Lipinski definition) is 1. The normalized spacial score (nSPS) is 13.8. The summed E-state index contributed by atoms with van der Waals surface area (Å²) in [5, 5.41) is 18.3. The highest BCUT2D eigenvalue weighted by molar-refractivity contribution is 7.10. The Bertz CT molecular complexity index is 338. The van der Waals surface area contributed by atoms with Crippen LogP contribution in [0.1, 0.15) is 16.5 Å². The fourth-order valence-electron chi connectivity index (χ4n) is 0.716. The van der Waals surface area contributed by atoms with Crippen molar-refractivity contribution in [2.24, 2.45) is 0 Å². The van der Waals surface area contributed by atoms with Crippen LogP contribution in [0.2, 0.25) is 0 Å². The van der Waals surface area contributed by atoms with E-state index in [1.54, 1.807) is 6.07 Å². The van der Waals surface area contributed by atoms with Gasteiger partial charge in [-0.05, 0) is 6.07 Å². The quantitative estimate of drug-likeness (QED) is 0.767. The van der Waals surface area contributed by atoms with Crippen LogP contribution in [0, 0.1) is 11.3 Å². The van der Waals surface area contributed by atoms with Gasteiger partial charge in [0.15, 0.2) is 6.10 Å². The Balaban J connectivity index is 2.91. The molecular weight excluding hydrogens is 203 g/mol. The molecule has 0 unspecified atom stereocenters. The smallest absolute Gasteiger partial charge is 0.379 e. The molecule has 70 valence electrons. The molecule has 0 amide bonds. The van der Waals surface area contributed by atoms with E-state index >= 15 is 0 Å². The number of aliphatic hydroxyl groups excluding tert-OH is 1. The Morgan fingerprint density at radius 3 is 2.54 bits per heavy atom. The van der Waals surface area contributed by atoms with Crippen LogP contribution in [0.3, 0.4) is 0 Å². The molecule has 2 nitrogen and oxygen atoms in total. The van der Waals surface area contributed by atoms with Gasteiger partial charge in [-0.1, -0.05) is 0 Å². The Morgan fingerprint density at radius 1 is 1.54 bits per heavy atom. The van der Waals surface area contributed by atoms with Crippen molar-refractivity contribution in [1.82, 2.24) is 0 Å². The summed E-state index contributed by atoms with van der Waals surface area (Å²) in [6, 6.07) is 2.72. The molecule has 1 N–H and O–H groups in total. The fourth-order valence-corrected chi connectivity index (χ4v) is 1.56. The molecule has 1 aromatic heterocycles. The van der Waals surface area contributed by atoms with Gasteiger partial charge >= 0.3 is 6.18 Å². The van der Waals surface area contributed by atoms with Crippen LogP contribution in [-0.2, 0) is 0 Å². The summed E-state index contributed by atoms with van der Waals surface area (Å²) in [5.74, 6) is 0. The van der Waals surface area contributed by atoms with Crippen molar-refractivity contribution in [2.45, 2.75) is 12.3 Å². The summed E-state index contributed by atoms with van der Waals surface area (Å²) >= 11 is 0.717. The Morgan fingerprint density at radius 2 is 2.15 bits per heavy atom. The first-order chi connectivity index (χ1) is 5.95. The third-order valence-electron chi connectivity index (χ3n) is 1.33. The highest BCUT2D eigenvalue weighted by Crippen LogP contribution is 2.35. The van der Waals surface area contributed by atoms with Crippen LogP contribution >= 0.6 is 11.3 Å². The first-order valence-corrected chi connectivity index (χ1v) is 4.06. The zero-order chi connectivity index (χ0) is 10.1. The lowest BCUT2D eigenvalue weighted by Gasteiger charge is -2.11. The van der Waals surface area contributed by atoms with E-state index in [-0.39, 0.29) is 10.4 Å². The molecule has 0 aliphatic carbocycles. The number of thiophene rings is 1. The van der Waals surface area contributed by atoms with Crippen LogP contribution in [0.5, 0.6) is 0 Å². The van der Waals surface area contributed by atoms with Crippen LogP contribution in [-0.4, -0.2) is 11.3 Å². The van der Waals surface area contributed by atoms with Crippen LogP contribution < -0.4 is 0 Å². The summed E-state index contributed by atoms with van der Waals surface area (Å²) in [4.78, 5) is -0.260. The summed E-state index contributed by atoms with van der Waals surface area (Å²) in [5.41, 5.74) is 0.128. The highest BCUT2D eigenvalue weighted by atomic mass is 32.1. The third kappa shape index (κ3) is 2.20. The van der Waals surface area contributed by atoms with Crippen molar-refractivity contribution in [2.75, 3.05) is 0 Å². The van der Waals surface area contributed by atoms with Crippen LogP contribution in [0.15, 0.2) is 11.4 Å². The van der Waals surface area contributed by atoms with Gasteiger partial charge in [-0.15, -0.1) is 11.3 Å². The monoisotopic (exact) mass is 207 g/mol. The van der Waals surface area contributed by atoms with Gasteiger partial charge in [0.1, 0.15) is 6.07 Å². The van der Waals surface area contributed by atoms with Gasteiger partial charge in [-0.25, -0.2) is 0 Å². The molecule has 0 saturated heterocycles. The lowest BCUT2D eigenvalue weighted by atomic mass is 10.2. The molecule has 0 fully saturated rings. The van der Waals surface area contributed by atoms with E-state index in [4.69, 9.17) is 10.4 Å². The zero-order valence-electron chi connectivity index (χ0n) is 6.17. The molecule has 0 bridgehead atoms. The minimum atomic E-state index is -4.67. The highest BCUT2D eigenvalue weighted by Gasteiger charge is 2.40. The number of hydrogen-bond acceptors (Lipinski definition) is 3. The number of nitrogens with zero attached hydrogens (tertiary/aromatic N) is 1. The maximum atomic E-state index is 11.9. The zero-order valence-corrected chi connectivity index (χ0v) is 6.99. The van der Waals surface area contributed by atoms with Gasteiger partial charge in [-0.3, -0.25) is 0 Å². The van der Waals surface area contributed by atoms with E-state index in [0.717, 1.165) is 6.07 Å². The van der Waals surface area contributed by atoms with Crippen molar-refractivity contribution in [3.05, 3.63) is 21.9 Å². The first-order valence-electron chi connectivity index (χ1n) is 3.18. The molecule has 0 aromatic carbocycles. The number of rotatable bonds is 1. The van der Waals surface area contributed by atoms with Gasteiger partial charge in [0.05, 0.1) is 5.56 Å². The number of nitriles is 1. The van der Waals surface area contributed by atoms with Crippen molar-refractivity contribution >= 4 is 11.3 Å². The Kier molecular flexibility index (Phi) is 2.59. The first kappa shape index (κ1) is 10.0. The summed E-state index contributed by atoms with van der Waals surface area (Å²) in [7, 11) is 0. The van der Waals surface area contributed by atoms with E-state index in [9.17, 15) is 13.2 Å². The molecule has 0 saturated carbocycles. The number of alkyl halides is 3. The lowest BCUT2D eigenvalue weighted by molar-refractivity contribution is -0.205. The van der Waals surface area contributed by atoms with Crippen molar-refractivity contribution in [3.8, 4) is 6.07 Å². The average Bonchev–Trinajstić information content (AvgIpc) is 2.48. The standard InChI is InChI=1S/C7H4F3NOS/c8-7(9,10)6(12)5-1-4(2-11)3-13-5/h1,3,6,12H/t6-/m1/s1. The largest absolute Gasteiger partial charge is 0.419 e. The summed E-state index contributed by atoms with van der Waals surface area (Å²) in [6.45, 7) is 0. The van der Waals surface area contributed by atoms with E-state index < -0.39 is 12.3 Å². The van der Waals surface area contributed by atoms with Gasteiger partial charge in [0.25, 0.3) is 0 Å². The topological polar surface area (TPSA) is 44.0 Å². The maximum absolute atomic E-state index is 11.9. The summed E-state index contributed by atoms with van der Waals surface area (Å²) in [6.07, 6.45) is -7.16. The Labute approximate surface area is 75.9 Å². The molecule has 13 heavy (non-hydrogen) atoms. The second kappa shape index (κ2) is 3.36. The van der Waals surface area contributed by atoms with Gasteiger partial charge in [-0.2, -0.15) is 18.4 Å². The lowest BCUT2D eigenvalue weighted by Crippen LogP contribution is -2.18. The second-order valence-electron chi connectivity index (χ2n) is 2.29. The third-order valence-corrected chi connectivity index (χ3v) is 2.31. The van der Waals surface area contributed by atoms with Gasteiger partial charge < -0.3 is 5.11 Å². The Hall–Kier alpha value is -1.06. The van der Waals surface area contributed by atoms with Gasteiger partial charge in [0, 0.05) is 10.3 Å². The fraction of sp³-hybridized carbons (Fsp3) is 0.286. The van der Waals surface area contributed by atoms with Crippen molar-refractivity contribution in [1.29, 1.82) is 5.26 Å². The van der Waals surface area contributed by atoms with Crippen molar-refractivity contribution < 1.29 is 18.3 Å². The van der Waals surface area contributed by atoms with E-state index in [0.29, 0.717) is 11.3 Å². The molecule has 1 heterocycles. The van der Waals surface area contributed by atoms with Crippen LogP contribution in [0.25, 0.3) is 0 Å². The summed E-state index contributed by atoms with van der Waals surface area (Å²) < 4.78 is 35.8. The molecular formula is C7H4F3NOS. The van der Waals surface area contributed by atoms with E-state index in [2.05, 4.69) is 0 Å². The minimum absolute atomic E-state index is 0.128.